The molecular formula is C11H13N3O2S. The minimum atomic E-state index is 0.0203. The number of phenols is 2. The van der Waals surface area contributed by atoms with E-state index in [4.69, 9.17) is 0 Å². The molecule has 2 rings (SSSR count). The molecule has 0 unspecified atom stereocenters. The summed E-state index contributed by atoms with van der Waals surface area (Å²) in [4.78, 5) is 0. The Morgan fingerprint density at radius 1 is 1.18 bits per heavy atom. The molecule has 0 atom stereocenters. The van der Waals surface area contributed by atoms with Crippen LogP contribution in [0.2, 0.25) is 0 Å². The average Bonchev–Trinajstić information content (AvgIpc) is 2.73. The molecule has 17 heavy (non-hydrogen) atoms. The summed E-state index contributed by atoms with van der Waals surface area (Å²) in [7, 11) is 1.88. The third kappa shape index (κ3) is 2.92. The molecule has 1 aromatic carbocycles. The van der Waals surface area contributed by atoms with Gasteiger partial charge in [-0.05, 0) is 19.2 Å². The van der Waals surface area contributed by atoms with E-state index in [1.54, 1.807) is 12.1 Å². The van der Waals surface area contributed by atoms with Crippen LogP contribution in [0.5, 0.6) is 11.5 Å². The monoisotopic (exact) mass is 251 g/mol. The molecular weight excluding hydrogens is 238 g/mol. The highest BCUT2D eigenvalue weighted by Crippen LogP contribution is 2.30. The van der Waals surface area contributed by atoms with E-state index in [1.807, 2.05) is 7.05 Å². The lowest BCUT2D eigenvalue weighted by Gasteiger charge is -1.98. The Morgan fingerprint density at radius 3 is 2.53 bits per heavy atom. The summed E-state index contributed by atoms with van der Waals surface area (Å²) in [6.07, 6.45) is 0.818. The van der Waals surface area contributed by atoms with Gasteiger partial charge in [-0.2, -0.15) is 0 Å². The zero-order valence-corrected chi connectivity index (χ0v) is 10.2. The van der Waals surface area contributed by atoms with E-state index >= 15 is 0 Å². The molecule has 2 aromatic rings. The predicted octanol–water partition coefficient (Wildman–Crippen LogP) is 1.38. The van der Waals surface area contributed by atoms with Crippen molar-refractivity contribution < 1.29 is 10.2 Å². The summed E-state index contributed by atoms with van der Waals surface area (Å²) in [5, 5.41) is 31.5. The van der Waals surface area contributed by atoms with Crippen molar-refractivity contribution in [1.82, 2.24) is 15.5 Å². The predicted molar refractivity (Wildman–Crippen MR) is 66.3 cm³/mol. The second-order valence-corrected chi connectivity index (χ2v) is 4.65. The number of nitrogens with one attached hydrogen (secondary N) is 1. The highest BCUT2D eigenvalue weighted by Gasteiger charge is 2.08. The van der Waals surface area contributed by atoms with Gasteiger partial charge in [0.15, 0.2) is 0 Å². The summed E-state index contributed by atoms with van der Waals surface area (Å²) in [6.45, 7) is 0.847. The molecule has 0 saturated carbocycles. The molecule has 0 aliphatic carbocycles. The molecule has 0 bridgehead atoms. The van der Waals surface area contributed by atoms with Gasteiger partial charge in [-0.3, -0.25) is 0 Å². The van der Waals surface area contributed by atoms with Crippen LogP contribution in [0.3, 0.4) is 0 Å². The lowest BCUT2D eigenvalue weighted by Crippen LogP contribution is -2.09. The smallest absolute Gasteiger partial charge is 0.148 e. The number of benzene rings is 1. The third-order valence-electron chi connectivity index (χ3n) is 2.21. The zero-order chi connectivity index (χ0) is 12.3. The zero-order valence-electron chi connectivity index (χ0n) is 9.34. The minimum absolute atomic E-state index is 0.0203. The van der Waals surface area contributed by atoms with Crippen molar-refractivity contribution in [2.75, 3.05) is 13.6 Å². The molecule has 0 spiro atoms. The highest BCUT2D eigenvalue weighted by atomic mass is 32.1. The maximum Gasteiger partial charge on any atom is 0.148 e. The molecule has 0 aliphatic rings. The van der Waals surface area contributed by atoms with E-state index in [9.17, 15) is 10.2 Å². The first-order chi connectivity index (χ1) is 8.19. The lowest BCUT2D eigenvalue weighted by atomic mass is 10.2. The first-order valence-corrected chi connectivity index (χ1v) is 6.01. The Labute approximate surface area is 103 Å². The van der Waals surface area contributed by atoms with E-state index in [1.165, 1.54) is 17.4 Å². The summed E-state index contributed by atoms with van der Waals surface area (Å²) in [6, 6.07) is 4.40. The van der Waals surface area contributed by atoms with Crippen molar-refractivity contribution in [2.45, 2.75) is 6.42 Å². The van der Waals surface area contributed by atoms with Crippen LogP contribution in [0.1, 0.15) is 5.01 Å². The number of nitrogens with zero attached hydrogens (tertiary/aromatic N) is 2. The molecule has 0 amide bonds. The van der Waals surface area contributed by atoms with Gasteiger partial charge >= 0.3 is 0 Å². The van der Waals surface area contributed by atoms with Crippen molar-refractivity contribution in [2.24, 2.45) is 0 Å². The molecule has 90 valence electrons. The largest absolute Gasteiger partial charge is 0.508 e. The van der Waals surface area contributed by atoms with Gasteiger partial charge in [0.25, 0.3) is 0 Å². The van der Waals surface area contributed by atoms with Crippen LogP contribution in [0.4, 0.5) is 0 Å². The van der Waals surface area contributed by atoms with Gasteiger partial charge in [-0.1, -0.05) is 11.3 Å². The lowest BCUT2D eigenvalue weighted by molar-refractivity contribution is 0.451. The van der Waals surface area contributed by atoms with E-state index in [0.717, 1.165) is 18.0 Å². The number of rotatable bonds is 4. The van der Waals surface area contributed by atoms with Gasteiger partial charge in [0.2, 0.25) is 0 Å². The number of hydrogen-bond donors (Lipinski definition) is 3. The summed E-state index contributed by atoms with van der Waals surface area (Å²) in [5.74, 6) is 0.0407. The van der Waals surface area contributed by atoms with Gasteiger partial charge in [-0.25, -0.2) is 0 Å². The first-order valence-electron chi connectivity index (χ1n) is 5.19. The van der Waals surface area contributed by atoms with Crippen molar-refractivity contribution in [3.63, 3.8) is 0 Å². The van der Waals surface area contributed by atoms with Crippen molar-refractivity contribution in [3.8, 4) is 22.1 Å². The van der Waals surface area contributed by atoms with Crippen LogP contribution in [-0.4, -0.2) is 34.0 Å². The number of aromatic hydroxyl groups is 2. The molecule has 3 N–H and O–H groups in total. The molecule has 1 heterocycles. The Bertz CT molecular complexity index is 493. The van der Waals surface area contributed by atoms with Crippen LogP contribution in [0, 0.1) is 0 Å². The van der Waals surface area contributed by atoms with Crippen LogP contribution in [0.15, 0.2) is 18.2 Å². The first kappa shape index (κ1) is 11.8. The van der Waals surface area contributed by atoms with Crippen molar-refractivity contribution >= 4 is 11.3 Å². The molecule has 0 radical (unpaired) electrons. The number of likely N-dealkylation sites (N-methyl/N-ethyl adjacent to an activating group) is 1. The van der Waals surface area contributed by atoms with Gasteiger partial charge < -0.3 is 15.5 Å². The second-order valence-electron chi connectivity index (χ2n) is 3.59. The van der Waals surface area contributed by atoms with E-state index in [2.05, 4.69) is 15.5 Å². The molecule has 0 aliphatic heterocycles. The number of aromatic nitrogens is 2. The summed E-state index contributed by atoms with van der Waals surface area (Å²) < 4.78 is 0. The quantitative estimate of drug-likeness (QED) is 0.765. The highest BCUT2D eigenvalue weighted by molar-refractivity contribution is 7.14. The fraction of sp³-hybridized carbons (Fsp3) is 0.273. The SMILES string of the molecule is CNCCc1nnc(-c2cc(O)cc(O)c2)s1. The number of hydrogen-bond acceptors (Lipinski definition) is 6. The average molecular weight is 251 g/mol. The minimum Gasteiger partial charge on any atom is -0.508 e. The van der Waals surface area contributed by atoms with Crippen LogP contribution in [0.25, 0.3) is 10.6 Å². The van der Waals surface area contributed by atoms with Gasteiger partial charge in [0.1, 0.15) is 21.5 Å². The van der Waals surface area contributed by atoms with Gasteiger partial charge in [0, 0.05) is 24.6 Å². The normalized spacial score (nSPS) is 10.6. The maximum atomic E-state index is 9.39. The Balaban J connectivity index is 2.24. The molecule has 5 nitrogen and oxygen atoms in total. The van der Waals surface area contributed by atoms with E-state index in [-0.39, 0.29) is 11.5 Å². The summed E-state index contributed by atoms with van der Waals surface area (Å²) in [5.41, 5.74) is 0.677. The maximum absolute atomic E-state index is 9.39. The standard InChI is InChI=1S/C11H13N3O2S/c1-12-3-2-10-13-14-11(17-10)7-4-8(15)6-9(16)5-7/h4-6,12,15-16H,2-3H2,1H3. The Kier molecular flexibility index (Phi) is 3.55. The van der Waals surface area contributed by atoms with E-state index < -0.39 is 0 Å². The fourth-order valence-electron chi connectivity index (χ4n) is 1.42. The topological polar surface area (TPSA) is 78.3 Å². The third-order valence-corrected chi connectivity index (χ3v) is 3.24. The van der Waals surface area contributed by atoms with Gasteiger partial charge in [-0.15, -0.1) is 10.2 Å². The van der Waals surface area contributed by atoms with Crippen LogP contribution in [-0.2, 0) is 6.42 Å². The molecule has 1 aromatic heterocycles. The second kappa shape index (κ2) is 5.11. The van der Waals surface area contributed by atoms with E-state index in [0.29, 0.717) is 10.6 Å². The fourth-order valence-corrected chi connectivity index (χ4v) is 2.25. The molecule has 0 saturated heterocycles. The number of phenolic OH excluding ortho intramolecular Hbond substituents is 2. The Morgan fingerprint density at radius 2 is 1.88 bits per heavy atom. The molecule has 0 fully saturated rings. The van der Waals surface area contributed by atoms with Crippen LogP contribution < -0.4 is 5.32 Å². The van der Waals surface area contributed by atoms with Crippen molar-refractivity contribution in [1.29, 1.82) is 0 Å². The van der Waals surface area contributed by atoms with Crippen molar-refractivity contribution in [3.05, 3.63) is 23.2 Å². The van der Waals surface area contributed by atoms with Gasteiger partial charge in [0.05, 0.1) is 0 Å². The molecule has 6 heteroatoms. The Hall–Kier alpha value is -1.66. The summed E-state index contributed by atoms with van der Waals surface area (Å²) >= 11 is 1.46. The van der Waals surface area contributed by atoms with Crippen LogP contribution >= 0.6 is 11.3 Å².